The molecule has 1 heteroatoms. The summed E-state index contributed by atoms with van der Waals surface area (Å²) in [6.07, 6.45) is 0. The summed E-state index contributed by atoms with van der Waals surface area (Å²) in [5.74, 6) is 0. The molecule has 0 spiro atoms. The lowest BCUT2D eigenvalue weighted by molar-refractivity contribution is 1.02. The molecule has 6 rings (SSSR count). The summed E-state index contributed by atoms with van der Waals surface area (Å²) in [5.41, 5.74) is 8.99. The average molecular weight is 398 g/mol. The molecule has 0 radical (unpaired) electrons. The molecular weight excluding hydrogens is 374 g/mol. The summed E-state index contributed by atoms with van der Waals surface area (Å²) in [6, 6.07) is 37.3. The van der Waals surface area contributed by atoms with Gasteiger partial charge in [0.05, 0.1) is 5.52 Å². The van der Waals surface area contributed by atoms with Gasteiger partial charge < -0.3 is 4.57 Å². The summed E-state index contributed by atoms with van der Waals surface area (Å²) < 4.78 is 2.37. The van der Waals surface area contributed by atoms with Crippen LogP contribution in [0.25, 0.3) is 54.8 Å². The number of hydrogen-bond donors (Lipinski definition) is 0. The van der Waals surface area contributed by atoms with Crippen molar-refractivity contribution in [1.29, 1.82) is 0 Å². The maximum absolute atomic E-state index is 2.37. The van der Waals surface area contributed by atoms with Crippen LogP contribution in [0.3, 0.4) is 0 Å². The van der Waals surface area contributed by atoms with Crippen LogP contribution < -0.4 is 0 Å². The maximum Gasteiger partial charge on any atom is 0.0575 e. The van der Waals surface area contributed by atoms with Gasteiger partial charge in [-0.25, -0.2) is 0 Å². The van der Waals surface area contributed by atoms with Crippen molar-refractivity contribution in [1.82, 2.24) is 4.57 Å². The van der Waals surface area contributed by atoms with Crippen LogP contribution in [-0.4, -0.2) is 4.57 Å². The monoisotopic (exact) mass is 397 g/mol. The molecule has 6 aromatic rings. The second-order valence-electron chi connectivity index (χ2n) is 8.33. The molecule has 0 amide bonds. The Morgan fingerprint density at radius 3 is 1.81 bits per heavy atom. The fourth-order valence-corrected chi connectivity index (χ4v) is 5.09. The highest BCUT2D eigenvalue weighted by Crippen LogP contribution is 2.47. The van der Waals surface area contributed by atoms with E-state index in [2.05, 4.69) is 122 Å². The van der Waals surface area contributed by atoms with Crippen LogP contribution >= 0.6 is 0 Å². The Morgan fingerprint density at radius 2 is 1.13 bits per heavy atom. The third-order valence-corrected chi connectivity index (χ3v) is 6.43. The predicted octanol–water partition coefficient (Wildman–Crippen LogP) is 8.13. The Morgan fingerprint density at radius 1 is 0.548 bits per heavy atom. The van der Waals surface area contributed by atoms with Crippen molar-refractivity contribution in [2.24, 2.45) is 7.05 Å². The number of aryl methyl sites for hydroxylation is 2. The summed E-state index contributed by atoms with van der Waals surface area (Å²) in [5, 5.41) is 5.25. The highest BCUT2D eigenvalue weighted by Gasteiger charge is 2.22. The minimum absolute atomic E-state index is 1.25. The molecule has 31 heavy (non-hydrogen) atoms. The Bertz CT molecular complexity index is 1570. The number of fused-ring (bicyclic) bond motifs is 5. The van der Waals surface area contributed by atoms with Crippen LogP contribution in [0.5, 0.6) is 0 Å². The summed E-state index contributed by atoms with van der Waals surface area (Å²) >= 11 is 0. The molecule has 5 aromatic carbocycles. The minimum atomic E-state index is 1.25. The summed E-state index contributed by atoms with van der Waals surface area (Å²) in [4.78, 5) is 0. The lowest BCUT2D eigenvalue weighted by Gasteiger charge is -2.17. The van der Waals surface area contributed by atoms with E-state index in [0.29, 0.717) is 0 Å². The molecule has 0 atom stereocenters. The third kappa shape index (κ3) is 2.63. The lowest BCUT2D eigenvalue weighted by Crippen LogP contribution is -1.93. The minimum Gasteiger partial charge on any atom is -0.343 e. The topological polar surface area (TPSA) is 4.93 Å². The van der Waals surface area contributed by atoms with E-state index in [-0.39, 0.29) is 0 Å². The van der Waals surface area contributed by atoms with Gasteiger partial charge in [0, 0.05) is 34.3 Å². The SMILES string of the molecule is Cc1ccc2c(c1)c1c(-c3ccccc3)c(-c3ccccc3)c3ccccc3c1n2C. The summed E-state index contributed by atoms with van der Waals surface area (Å²) in [7, 11) is 2.20. The van der Waals surface area contributed by atoms with E-state index >= 15 is 0 Å². The van der Waals surface area contributed by atoms with Gasteiger partial charge in [-0.1, -0.05) is 96.6 Å². The van der Waals surface area contributed by atoms with Gasteiger partial charge in [0.25, 0.3) is 0 Å². The van der Waals surface area contributed by atoms with Crippen molar-refractivity contribution in [3.63, 3.8) is 0 Å². The van der Waals surface area contributed by atoms with Gasteiger partial charge in [-0.2, -0.15) is 0 Å². The fraction of sp³-hybridized carbons (Fsp3) is 0.0667. The molecule has 148 valence electrons. The Labute approximate surface area is 182 Å². The second-order valence-corrected chi connectivity index (χ2v) is 8.33. The van der Waals surface area contributed by atoms with Crippen LogP contribution in [0.1, 0.15) is 5.56 Å². The summed E-state index contributed by atoms with van der Waals surface area (Å²) in [6.45, 7) is 2.18. The predicted molar refractivity (Wildman–Crippen MR) is 134 cm³/mol. The first kappa shape index (κ1) is 18.0. The van der Waals surface area contributed by atoms with Gasteiger partial charge in [0.15, 0.2) is 0 Å². The molecule has 0 unspecified atom stereocenters. The van der Waals surface area contributed by atoms with E-state index in [1.54, 1.807) is 0 Å². The smallest absolute Gasteiger partial charge is 0.0575 e. The van der Waals surface area contributed by atoms with Gasteiger partial charge in [-0.3, -0.25) is 0 Å². The quantitative estimate of drug-likeness (QED) is 0.278. The molecule has 0 saturated heterocycles. The van der Waals surface area contributed by atoms with E-state index in [1.807, 2.05) is 0 Å². The second kappa shape index (κ2) is 6.85. The molecule has 1 nitrogen and oxygen atoms in total. The zero-order valence-electron chi connectivity index (χ0n) is 17.8. The van der Waals surface area contributed by atoms with Gasteiger partial charge in [0.2, 0.25) is 0 Å². The van der Waals surface area contributed by atoms with Crippen LogP contribution in [0, 0.1) is 6.92 Å². The largest absolute Gasteiger partial charge is 0.343 e. The molecule has 0 aliphatic rings. The molecular formula is C30H23N. The highest BCUT2D eigenvalue weighted by atomic mass is 14.9. The molecule has 0 N–H and O–H groups in total. The number of aromatic nitrogens is 1. The molecule has 1 heterocycles. The maximum atomic E-state index is 2.37. The zero-order chi connectivity index (χ0) is 20.9. The van der Waals surface area contributed by atoms with Gasteiger partial charge in [-0.05, 0) is 41.1 Å². The van der Waals surface area contributed by atoms with Crippen molar-refractivity contribution in [2.75, 3.05) is 0 Å². The molecule has 0 aliphatic carbocycles. The number of hydrogen-bond acceptors (Lipinski definition) is 0. The average Bonchev–Trinajstić information content (AvgIpc) is 3.11. The Hall–Kier alpha value is -3.84. The lowest BCUT2D eigenvalue weighted by atomic mass is 9.86. The first-order valence-corrected chi connectivity index (χ1v) is 10.8. The van der Waals surface area contributed by atoms with Gasteiger partial charge in [0.1, 0.15) is 0 Å². The number of benzene rings is 5. The Balaban J connectivity index is 1.97. The normalized spacial score (nSPS) is 11.5. The van der Waals surface area contributed by atoms with Crippen LogP contribution in [0.4, 0.5) is 0 Å². The van der Waals surface area contributed by atoms with Crippen LogP contribution in [0.15, 0.2) is 103 Å². The van der Waals surface area contributed by atoms with E-state index in [9.17, 15) is 0 Å². The first-order chi connectivity index (χ1) is 15.2. The van der Waals surface area contributed by atoms with Crippen LogP contribution in [-0.2, 0) is 7.05 Å². The third-order valence-electron chi connectivity index (χ3n) is 6.43. The van der Waals surface area contributed by atoms with E-state index < -0.39 is 0 Å². The van der Waals surface area contributed by atoms with Crippen molar-refractivity contribution >= 4 is 32.6 Å². The highest BCUT2D eigenvalue weighted by molar-refractivity contribution is 6.28. The molecule has 0 bridgehead atoms. The van der Waals surface area contributed by atoms with E-state index in [0.717, 1.165) is 0 Å². The Kier molecular flexibility index (Phi) is 3.97. The fourth-order valence-electron chi connectivity index (χ4n) is 5.09. The van der Waals surface area contributed by atoms with Crippen molar-refractivity contribution in [2.45, 2.75) is 6.92 Å². The molecule has 0 fully saturated rings. The van der Waals surface area contributed by atoms with Gasteiger partial charge in [-0.15, -0.1) is 0 Å². The molecule has 1 aromatic heterocycles. The first-order valence-electron chi connectivity index (χ1n) is 10.8. The number of rotatable bonds is 2. The zero-order valence-corrected chi connectivity index (χ0v) is 17.8. The molecule has 0 aliphatic heterocycles. The molecule has 0 saturated carbocycles. The standard InChI is InChI=1S/C30H23N/c1-20-17-18-26-25(19-20)29-28(22-13-7-4-8-14-22)27(21-11-5-3-6-12-21)23-15-9-10-16-24(23)30(29)31(26)2/h3-19H,1-2H3. The number of nitrogens with zero attached hydrogens (tertiary/aromatic N) is 1. The van der Waals surface area contributed by atoms with Crippen molar-refractivity contribution < 1.29 is 0 Å². The van der Waals surface area contributed by atoms with E-state index in [1.165, 1.54) is 60.4 Å². The van der Waals surface area contributed by atoms with E-state index in [4.69, 9.17) is 0 Å². The van der Waals surface area contributed by atoms with Crippen LogP contribution in [0.2, 0.25) is 0 Å². The van der Waals surface area contributed by atoms with Gasteiger partial charge >= 0.3 is 0 Å². The van der Waals surface area contributed by atoms with Crippen molar-refractivity contribution in [3.05, 3.63) is 109 Å². The van der Waals surface area contributed by atoms with Crippen molar-refractivity contribution in [3.8, 4) is 22.3 Å².